The molecule has 1 aromatic heterocycles. The van der Waals surface area contributed by atoms with Gasteiger partial charge in [0.2, 0.25) is 0 Å². The van der Waals surface area contributed by atoms with Crippen LogP contribution in [0.15, 0.2) is 16.9 Å². The van der Waals surface area contributed by atoms with Crippen LogP contribution in [0.25, 0.3) is 0 Å². The summed E-state index contributed by atoms with van der Waals surface area (Å²) in [5, 5.41) is 3.16. The number of methoxy groups -OCH3 is 1. The zero-order valence-corrected chi connectivity index (χ0v) is 10.2. The lowest BCUT2D eigenvalue weighted by Crippen LogP contribution is -2.29. The molecule has 90 valence electrons. The molecule has 0 atom stereocenters. The summed E-state index contributed by atoms with van der Waals surface area (Å²) in [5.41, 5.74) is 1.86. The number of pyridine rings is 1. The van der Waals surface area contributed by atoms with Gasteiger partial charge in [-0.2, -0.15) is 0 Å². The van der Waals surface area contributed by atoms with Crippen molar-refractivity contribution < 1.29 is 4.74 Å². The number of nitrogens with zero attached hydrogens (tertiary/aromatic N) is 1. The molecule has 0 amide bonds. The van der Waals surface area contributed by atoms with Gasteiger partial charge in [0.15, 0.2) is 0 Å². The first-order valence-corrected chi connectivity index (χ1v) is 5.59. The van der Waals surface area contributed by atoms with Gasteiger partial charge < -0.3 is 14.6 Å². The van der Waals surface area contributed by atoms with Crippen molar-refractivity contribution >= 4 is 0 Å². The smallest absolute Gasteiger partial charge is 0.255 e. The van der Waals surface area contributed by atoms with Crippen LogP contribution in [0.1, 0.15) is 18.2 Å². The van der Waals surface area contributed by atoms with Crippen LogP contribution in [-0.4, -0.2) is 24.8 Å². The van der Waals surface area contributed by atoms with Crippen molar-refractivity contribution in [1.82, 2.24) is 9.88 Å². The van der Waals surface area contributed by atoms with Gasteiger partial charge in [-0.3, -0.25) is 4.79 Å². The maximum absolute atomic E-state index is 12.1. The first-order valence-electron chi connectivity index (χ1n) is 5.59. The van der Waals surface area contributed by atoms with Gasteiger partial charge >= 0.3 is 0 Å². The Morgan fingerprint density at radius 3 is 2.81 bits per heavy atom. The molecule has 0 unspecified atom stereocenters. The molecule has 0 fully saturated rings. The van der Waals surface area contributed by atoms with Crippen LogP contribution in [0, 0.1) is 6.92 Å². The standard InChI is InChI=1S/C12H20N2O2/c1-4-13-9-11-6-5-10(2)14(12(11)15)7-8-16-3/h5-6,13H,4,7-9H2,1-3H3. The molecular formula is C12H20N2O2. The van der Waals surface area contributed by atoms with Crippen molar-refractivity contribution in [2.24, 2.45) is 0 Å². The first-order chi connectivity index (χ1) is 7.70. The Balaban J connectivity index is 2.92. The zero-order chi connectivity index (χ0) is 12.0. The Bertz CT molecular complexity index is 385. The van der Waals surface area contributed by atoms with E-state index in [4.69, 9.17) is 4.74 Å². The summed E-state index contributed by atoms with van der Waals surface area (Å²) in [6, 6.07) is 3.87. The van der Waals surface area contributed by atoms with Gasteiger partial charge in [-0.1, -0.05) is 13.0 Å². The highest BCUT2D eigenvalue weighted by atomic mass is 16.5. The molecule has 16 heavy (non-hydrogen) atoms. The van der Waals surface area contributed by atoms with Gasteiger partial charge in [0.1, 0.15) is 0 Å². The van der Waals surface area contributed by atoms with E-state index in [9.17, 15) is 4.79 Å². The SMILES string of the molecule is CCNCc1ccc(C)n(CCOC)c1=O. The number of aryl methyl sites for hydroxylation is 1. The van der Waals surface area contributed by atoms with Crippen LogP contribution < -0.4 is 10.9 Å². The van der Waals surface area contributed by atoms with Gasteiger partial charge in [-0.05, 0) is 19.5 Å². The Morgan fingerprint density at radius 2 is 2.19 bits per heavy atom. The number of ether oxygens (including phenoxy) is 1. The van der Waals surface area contributed by atoms with E-state index in [0.717, 1.165) is 17.8 Å². The highest BCUT2D eigenvalue weighted by Gasteiger charge is 2.05. The fourth-order valence-corrected chi connectivity index (χ4v) is 1.57. The van der Waals surface area contributed by atoms with Crippen LogP contribution in [0.4, 0.5) is 0 Å². The molecule has 0 saturated heterocycles. The van der Waals surface area contributed by atoms with Crippen molar-refractivity contribution in [3.8, 4) is 0 Å². The van der Waals surface area contributed by atoms with Crippen LogP contribution in [0.3, 0.4) is 0 Å². The minimum atomic E-state index is 0.0815. The molecule has 0 aliphatic heterocycles. The minimum absolute atomic E-state index is 0.0815. The summed E-state index contributed by atoms with van der Waals surface area (Å²) in [7, 11) is 1.64. The van der Waals surface area contributed by atoms with Crippen LogP contribution in [-0.2, 0) is 17.8 Å². The molecule has 0 aliphatic carbocycles. The second kappa shape index (κ2) is 6.45. The Hall–Kier alpha value is -1.13. The molecule has 0 saturated carbocycles. The lowest BCUT2D eigenvalue weighted by atomic mass is 10.2. The van der Waals surface area contributed by atoms with Crippen LogP contribution in [0.5, 0.6) is 0 Å². The van der Waals surface area contributed by atoms with Gasteiger partial charge in [0.05, 0.1) is 6.61 Å². The maximum atomic E-state index is 12.1. The molecule has 0 radical (unpaired) electrons. The fraction of sp³-hybridized carbons (Fsp3) is 0.583. The van der Waals surface area contributed by atoms with E-state index in [1.165, 1.54) is 0 Å². The number of rotatable bonds is 6. The van der Waals surface area contributed by atoms with E-state index in [1.54, 1.807) is 11.7 Å². The van der Waals surface area contributed by atoms with Gasteiger partial charge in [0, 0.05) is 31.5 Å². The van der Waals surface area contributed by atoms with Crippen molar-refractivity contribution in [2.75, 3.05) is 20.3 Å². The van der Waals surface area contributed by atoms with E-state index in [0.29, 0.717) is 19.7 Å². The predicted molar refractivity (Wildman–Crippen MR) is 64.7 cm³/mol. The fourth-order valence-electron chi connectivity index (χ4n) is 1.57. The highest BCUT2D eigenvalue weighted by molar-refractivity contribution is 5.15. The molecular weight excluding hydrogens is 204 g/mol. The topological polar surface area (TPSA) is 43.3 Å². The summed E-state index contributed by atoms with van der Waals surface area (Å²) < 4.78 is 6.76. The van der Waals surface area contributed by atoms with E-state index in [-0.39, 0.29) is 5.56 Å². The number of hydrogen-bond donors (Lipinski definition) is 1. The number of hydrogen-bond acceptors (Lipinski definition) is 3. The lowest BCUT2D eigenvalue weighted by molar-refractivity contribution is 0.185. The second-order valence-corrected chi connectivity index (χ2v) is 3.73. The van der Waals surface area contributed by atoms with E-state index < -0.39 is 0 Å². The van der Waals surface area contributed by atoms with Gasteiger partial charge in [0.25, 0.3) is 5.56 Å². The van der Waals surface area contributed by atoms with Crippen LogP contribution in [0.2, 0.25) is 0 Å². The van der Waals surface area contributed by atoms with Crippen molar-refractivity contribution in [3.63, 3.8) is 0 Å². The summed E-state index contributed by atoms with van der Waals surface area (Å²) >= 11 is 0. The zero-order valence-electron chi connectivity index (χ0n) is 10.2. The predicted octanol–water partition coefficient (Wildman–Crippen LogP) is 0.913. The van der Waals surface area contributed by atoms with E-state index in [2.05, 4.69) is 5.32 Å². The summed E-state index contributed by atoms with van der Waals surface area (Å²) in [6.07, 6.45) is 0. The largest absolute Gasteiger partial charge is 0.383 e. The molecule has 0 aliphatic rings. The number of nitrogens with one attached hydrogen (secondary N) is 1. The third kappa shape index (κ3) is 3.18. The third-order valence-electron chi connectivity index (χ3n) is 2.56. The third-order valence-corrected chi connectivity index (χ3v) is 2.56. The maximum Gasteiger partial charge on any atom is 0.255 e. The van der Waals surface area contributed by atoms with Gasteiger partial charge in [-0.25, -0.2) is 0 Å². The number of aromatic nitrogens is 1. The molecule has 0 aromatic carbocycles. The lowest BCUT2D eigenvalue weighted by Gasteiger charge is -2.11. The van der Waals surface area contributed by atoms with E-state index in [1.807, 2.05) is 26.0 Å². The second-order valence-electron chi connectivity index (χ2n) is 3.73. The Kier molecular flexibility index (Phi) is 5.22. The average Bonchev–Trinajstić information content (AvgIpc) is 2.28. The summed E-state index contributed by atoms with van der Waals surface area (Å²) in [5.74, 6) is 0. The van der Waals surface area contributed by atoms with Crippen molar-refractivity contribution in [2.45, 2.75) is 26.9 Å². The summed E-state index contributed by atoms with van der Waals surface area (Å²) in [4.78, 5) is 12.1. The molecule has 1 aromatic rings. The Morgan fingerprint density at radius 1 is 1.44 bits per heavy atom. The molecule has 1 rings (SSSR count). The van der Waals surface area contributed by atoms with E-state index >= 15 is 0 Å². The molecule has 0 spiro atoms. The first kappa shape index (κ1) is 12.9. The normalized spacial score (nSPS) is 10.7. The van der Waals surface area contributed by atoms with Crippen molar-refractivity contribution in [1.29, 1.82) is 0 Å². The molecule has 4 nitrogen and oxygen atoms in total. The Labute approximate surface area is 96.2 Å². The summed E-state index contributed by atoms with van der Waals surface area (Å²) in [6.45, 7) is 6.63. The minimum Gasteiger partial charge on any atom is -0.383 e. The molecule has 1 N–H and O–H groups in total. The highest BCUT2D eigenvalue weighted by Crippen LogP contribution is 1.98. The van der Waals surface area contributed by atoms with Crippen molar-refractivity contribution in [3.05, 3.63) is 33.7 Å². The monoisotopic (exact) mass is 224 g/mol. The average molecular weight is 224 g/mol. The molecule has 1 heterocycles. The quantitative estimate of drug-likeness (QED) is 0.781. The molecule has 4 heteroatoms. The van der Waals surface area contributed by atoms with Crippen LogP contribution >= 0.6 is 0 Å². The van der Waals surface area contributed by atoms with Gasteiger partial charge in [-0.15, -0.1) is 0 Å². The molecule has 0 bridgehead atoms.